The number of nitrogens with one attached hydrogen (secondary N) is 1. The molecule has 3 N–H and O–H groups in total. The van der Waals surface area contributed by atoms with E-state index < -0.39 is 0 Å². The lowest BCUT2D eigenvalue weighted by Gasteiger charge is -2.42. The molecule has 1 saturated heterocycles. The predicted octanol–water partition coefficient (Wildman–Crippen LogP) is 2.81. The molecule has 0 spiro atoms. The van der Waals surface area contributed by atoms with Gasteiger partial charge in [-0.3, -0.25) is 9.69 Å². The van der Waals surface area contributed by atoms with Gasteiger partial charge in [-0.25, -0.2) is 0 Å². The van der Waals surface area contributed by atoms with Crippen molar-refractivity contribution in [3.8, 4) is 0 Å². The van der Waals surface area contributed by atoms with Crippen LogP contribution in [0.25, 0.3) is 0 Å². The van der Waals surface area contributed by atoms with Crippen LogP contribution >= 0.6 is 0 Å². The summed E-state index contributed by atoms with van der Waals surface area (Å²) in [6.07, 6.45) is 2.80. The second kappa shape index (κ2) is 7.45. The maximum atomic E-state index is 12.5. The summed E-state index contributed by atoms with van der Waals surface area (Å²) in [5.74, 6) is 0.0758. The highest BCUT2D eigenvalue weighted by Crippen LogP contribution is 2.28. The Morgan fingerprint density at radius 1 is 1.30 bits per heavy atom. The maximum Gasteiger partial charge on any atom is 0.238 e. The van der Waals surface area contributed by atoms with Crippen LogP contribution in [-0.4, -0.2) is 36.5 Å². The number of nitrogens with zero attached hydrogens (tertiary/aromatic N) is 1. The fourth-order valence-electron chi connectivity index (χ4n) is 3.41. The number of likely N-dealkylation sites (tertiary alicyclic amines) is 1. The van der Waals surface area contributed by atoms with Crippen molar-refractivity contribution in [3.05, 3.63) is 29.3 Å². The summed E-state index contributed by atoms with van der Waals surface area (Å²) in [4.78, 5) is 14.7. The number of carbonyl (C=O) groups is 1. The van der Waals surface area contributed by atoms with Crippen LogP contribution in [-0.2, 0) is 17.6 Å². The van der Waals surface area contributed by atoms with Crippen LogP contribution in [0.1, 0.15) is 45.2 Å². The number of hydrogen-bond acceptors (Lipinski definition) is 3. The van der Waals surface area contributed by atoms with E-state index >= 15 is 0 Å². The molecule has 1 unspecified atom stereocenters. The minimum atomic E-state index is 0.0639. The second-order valence-electron chi connectivity index (χ2n) is 7.30. The van der Waals surface area contributed by atoms with E-state index in [9.17, 15) is 4.79 Å². The Labute approximate surface area is 140 Å². The van der Waals surface area contributed by atoms with E-state index in [-0.39, 0.29) is 17.4 Å². The van der Waals surface area contributed by atoms with Gasteiger partial charge in [0.25, 0.3) is 0 Å². The number of aryl methyl sites for hydroxylation is 2. The minimum absolute atomic E-state index is 0.0639. The lowest BCUT2D eigenvalue weighted by molar-refractivity contribution is -0.118. The number of benzene rings is 1. The van der Waals surface area contributed by atoms with Gasteiger partial charge < -0.3 is 11.1 Å². The van der Waals surface area contributed by atoms with Crippen molar-refractivity contribution in [1.29, 1.82) is 0 Å². The van der Waals surface area contributed by atoms with Gasteiger partial charge in [0.2, 0.25) is 5.91 Å². The van der Waals surface area contributed by atoms with E-state index in [0.29, 0.717) is 6.54 Å². The van der Waals surface area contributed by atoms with Crippen LogP contribution in [0.5, 0.6) is 0 Å². The van der Waals surface area contributed by atoms with Gasteiger partial charge in [0.1, 0.15) is 0 Å². The number of piperidine rings is 1. The first-order valence-corrected chi connectivity index (χ1v) is 8.76. The van der Waals surface area contributed by atoms with Gasteiger partial charge in [-0.15, -0.1) is 0 Å². The van der Waals surface area contributed by atoms with E-state index in [4.69, 9.17) is 5.73 Å². The highest BCUT2D eigenvalue weighted by atomic mass is 16.2. The molecule has 0 saturated carbocycles. The topological polar surface area (TPSA) is 58.4 Å². The monoisotopic (exact) mass is 317 g/mol. The summed E-state index contributed by atoms with van der Waals surface area (Å²) in [5, 5.41) is 3.15. The third-order valence-electron chi connectivity index (χ3n) is 5.02. The van der Waals surface area contributed by atoms with Crippen molar-refractivity contribution in [2.75, 3.05) is 25.0 Å². The molecule has 1 aromatic carbocycles. The molecule has 1 amide bonds. The SMILES string of the molecule is CCc1cccc(CC)c1NC(=O)CN1CCC(N)C(C)(C)C1. The van der Waals surface area contributed by atoms with Crippen molar-refractivity contribution in [1.82, 2.24) is 4.90 Å². The average Bonchev–Trinajstić information content (AvgIpc) is 2.50. The number of carbonyl (C=O) groups excluding carboxylic acids is 1. The average molecular weight is 317 g/mol. The predicted molar refractivity (Wildman–Crippen MR) is 96.6 cm³/mol. The Hall–Kier alpha value is -1.39. The third-order valence-corrected chi connectivity index (χ3v) is 5.02. The molecule has 0 bridgehead atoms. The minimum Gasteiger partial charge on any atom is -0.327 e. The molecule has 0 aromatic heterocycles. The molecule has 4 nitrogen and oxygen atoms in total. The van der Waals surface area contributed by atoms with Gasteiger partial charge in [-0.05, 0) is 35.8 Å². The maximum absolute atomic E-state index is 12.5. The first-order valence-electron chi connectivity index (χ1n) is 8.76. The van der Waals surface area contributed by atoms with E-state index in [0.717, 1.165) is 38.0 Å². The van der Waals surface area contributed by atoms with Crippen LogP contribution in [0.4, 0.5) is 5.69 Å². The number of hydrogen-bond donors (Lipinski definition) is 2. The normalized spacial score (nSPS) is 21.2. The number of anilines is 1. The zero-order chi connectivity index (χ0) is 17.0. The Morgan fingerprint density at radius 2 is 1.91 bits per heavy atom. The first-order chi connectivity index (χ1) is 10.9. The second-order valence-corrected chi connectivity index (χ2v) is 7.30. The van der Waals surface area contributed by atoms with Crippen molar-refractivity contribution in [2.24, 2.45) is 11.1 Å². The molecule has 4 heteroatoms. The van der Waals surface area contributed by atoms with Crippen LogP contribution in [0.2, 0.25) is 0 Å². The summed E-state index contributed by atoms with van der Waals surface area (Å²) >= 11 is 0. The van der Waals surface area contributed by atoms with E-state index in [2.05, 4.69) is 56.1 Å². The molecular weight excluding hydrogens is 286 g/mol. The number of nitrogens with two attached hydrogens (primary N) is 1. The van der Waals surface area contributed by atoms with Gasteiger partial charge in [-0.1, -0.05) is 45.9 Å². The Balaban J connectivity index is 2.03. The quantitative estimate of drug-likeness (QED) is 0.878. The van der Waals surface area contributed by atoms with Crippen LogP contribution in [0.15, 0.2) is 18.2 Å². The van der Waals surface area contributed by atoms with Crippen molar-refractivity contribution in [3.63, 3.8) is 0 Å². The largest absolute Gasteiger partial charge is 0.327 e. The zero-order valence-electron chi connectivity index (χ0n) is 15.0. The van der Waals surface area contributed by atoms with Crippen molar-refractivity contribution in [2.45, 2.75) is 53.0 Å². The van der Waals surface area contributed by atoms with Gasteiger partial charge in [0.05, 0.1) is 6.54 Å². The molecule has 1 aliphatic heterocycles. The summed E-state index contributed by atoms with van der Waals surface area (Å²) in [6, 6.07) is 6.48. The highest BCUT2D eigenvalue weighted by molar-refractivity contribution is 5.93. The fraction of sp³-hybridized carbons (Fsp3) is 0.632. The molecule has 1 atom stereocenters. The lowest BCUT2D eigenvalue weighted by Crippen LogP contribution is -2.53. The highest BCUT2D eigenvalue weighted by Gasteiger charge is 2.33. The summed E-state index contributed by atoms with van der Waals surface area (Å²) in [5.41, 5.74) is 9.67. The third kappa shape index (κ3) is 4.33. The Kier molecular flexibility index (Phi) is 5.82. The molecule has 0 aliphatic carbocycles. The van der Waals surface area contributed by atoms with Gasteiger partial charge in [0, 0.05) is 24.8 Å². The van der Waals surface area contributed by atoms with Gasteiger partial charge in [0.15, 0.2) is 0 Å². The molecule has 23 heavy (non-hydrogen) atoms. The van der Waals surface area contributed by atoms with E-state index in [1.807, 2.05) is 0 Å². The van der Waals surface area contributed by atoms with Crippen molar-refractivity contribution >= 4 is 11.6 Å². The molecule has 2 rings (SSSR count). The standard InChI is InChI=1S/C19H31N3O/c1-5-14-8-7-9-15(6-2)18(14)21-17(23)12-22-11-10-16(20)19(3,4)13-22/h7-9,16H,5-6,10-13,20H2,1-4H3,(H,21,23). The number of rotatable bonds is 5. The fourth-order valence-corrected chi connectivity index (χ4v) is 3.41. The smallest absolute Gasteiger partial charge is 0.238 e. The molecule has 1 fully saturated rings. The Bertz CT molecular complexity index is 531. The van der Waals surface area contributed by atoms with Crippen LogP contribution in [0, 0.1) is 5.41 Å². The first kappa shape index (κ1) is 18.0. The summed E-state index contributed by atoms with van der Waals surface area (Å²) in [7, 11) is 0. The Morgan fingerprint density at radius 3 is 2.43 bits per heavy atom. The van der Waals surface area contributed by atoms with Gasteiger partial charge >= 0.3 is 0 Å². The number of para-hydroxylation sites is 1. The van der Waals surface area contributed by atoms with Gasteiger partial charge in [-0.2, -0.15) is 0 Å². The molecule has 0 radical (unpaired) electrons. The molecular formula is C19H31N3O. The summed E-state index contributed by atoms with van der Waals surface area (Å²) in [6.45, 7) is 10.8. The summed E-state index contributed by atoms with van der Waals surface area (Å²) < 4.78 is 0. The van der Waals surface area contributed by atoms with Crippen molar-refractivity contribution < 1.29 is 4.79 Å². The zero-order valence-corrected chi connectivity index (χ0v) is 15.0. The van der Waals surface area contributed by atoms with E-state index in [1.165, 1.54) is 11.1 Å². The number of amides is 1. The molecule has 1 aromatic rings. The van der Waals surface area contributed by atoms with Crippen LogP contribution < -0.4 is 11.1 Å². The lowest BCUT2D eigenvalue weighted by atomic mass is 9.80. The molecule has 128 valence electrons. The molecule has 1 aliphatic rings. The molecule has 1 heterocycles. The van der Waals surface area contributed by atoms with Crippen LogP contribution in [0.3, 0.4) is 0 Å². The van der Waals surface area contributed by atoms with E-state index in [1.54, 1.807) is 0 Å².